The van der Waals surface area contributed by atoms with Crippen molar-refractivity contribution in [2.24, 2.45) is 5.92 Å². The average molecular weight is 405 g/mol. The van der Waals surface area contributed by atoms with Gasteiger partial charge in [-0.15, -0.1) is 0 Å². The molecule has 2 aliphatic rings. The summed E-state index contributed by atoms with van der Waals surface area (Å²) in [5.74, 6) is -1.11. The summed E-state index contributed by atoms with van der Waals surface area (Å²) in [6, 6.07) is 13.9. The molecular formula is C20H18Cl2N2O3. The van der Waals surface area contributed by atoms with Crippen LogP contribution in [0.1, 0.15) is 19.8 Å². The Morgan fingerprint density at radius 3 is 2.37 bits per heavy atom. The number of imide groups is 1. The number of hydroxylamine groups is 1. The van der Waals surface area contributed by atoms with Crippen LogP contribution >= 0.6 is 23.2 Å². The molecule has 0 radical (unpaired) electrons. The summed E-state index contributed by atoms with van der Waals surface area (Å²) in [6.07, 6.45) is 0.731. The molecule has 2 aromatic rings. The summed E-state index contributed by atoms with van der Waals surface area (Å²) in [6.45, 7) is 2.04. The number of benzene rings is 2. The molecule has 0 N–H and O–H groups in total. The van der Waals surface area contributed by atoms with Crippen LogP contribution in [0, 0.1) is 5.92 Å². The molecule has 4 rings (SSSR count). The highest BCUT2D eigenvalue weighted by atomic mass is 35.5. The van der Waals surface area contributed by atoms with Crippen LogP contribution in [0.15, 0.2) is 48.5 Å². The van der Waals surface area contributed by atoms with Crippen LogP contribution in [0.4, 0.5) is 11.4 Å². The molecule has 27 heavy (non-hydrogen) atoms. The van der Waals surface area contributed by atoms with Crippen LogP contribution in [0.2, 0.25) is 10.0 Å². The number of carbonyl (C=O) groups is 2. The van der Waals surface area contributed by atoms with E-state index in [9.17, 15) is 9.59 Å². The van der Waals surface area contributed by atoms with Crippen molar-refractivity contribution < 1.29 is 14.4 Å². The number of amides is 2. The number of fused-ring (bicyclic) bond motifs is 1. The van der Waals surface area contributed by atoms with Gasteiger partial charge in [-0.25, -0.2) is 9.96 Å². The number of para-hydroxylation sites is 1. The van der Waals surface area contributed by atoms with Gasteiger partial charge in [0.1, 0.15) is 0 Å². The predicted octanol–water partition coefficient (Wildman–Crippen LogP) is 4.47. The van der Waals surface area contributed by atoms with Gasteiger partial charge in [0.2, 0.25) is 5.91 Å². The van der Waals surface area contributed by atoms with E-state index in [1.54, 1.807) is 47.5 Å². The molecular weight excluding hydrogens is 387 g/mol. The molecule has 2 fully saturated rings. The van der Waals surface area contributed by atoms with Gasteiger partial charge in [0.15, 0.2) is 6.10 Å². The highest BCUT2D eigenvalue weighted by molar-refractivity contribution is 6.42. The lowest BCUT2D eigenvalue weighted by molar-refractivity contribution is -0.126. The van der Waals surface area contributed by atoms with Crippen molar-refractivity contribution in [1.82, 2.24) is 0 Å². The second-order valence-corrected chi connectivity index (χ2v) is 7.49. The molecule has 0 saturated carbocycles. The summed E-state index contributed by atoms with van der Waals surface area (Å²) in [5.41, 5.74) is 1.26. The Kier molecular flexibility index (Phi) is 4.84. The topological polar surface area (TPSA) is 49.9 Å². The molecule has 140 valence electrons. The summed E-state index contributed by atoms with van der Waals surface area (Å²) in [5, 5.41) is 2.49. The second-order valence-electron chi connectivity index (χ2n) is 6.68. The normalized spacial score (nSPS) is 24.6. The number of hydrogen-bond acceptors (Lipinski definition) is 4. The monoisotopic (exact) mass is 404 g/mol. The first kappa shape index (κ1) is 18.3. The van der Waals surface area contributed by atoms with Gasteiger partial charge < -0.3 is 0 Å². The van der Waals surface area contributed by atoms with E-state index < -0.39 is 12.0 Å². The van der Waals surface area contributed by atoms with Crippen molar-refractivity contribution in [1.29, 1.82) is 0 Å². The first-order valence-corrected chi connectivity index (χ1v) is 9.62. The fraction of sp³-hybridized carbons (Fsp3) is 0.300. The maximum Gasteiger partial charge on any atom is 0.266 e. The predicted molar refractivity (Wildman–Crippen MR) is 105 cm³/mol. The summed E-state index contributed by atoms with van der Waals surface area (Å²) < 4.78 is 0. The van der Waals surface area contributed by atoms with Gasteiger partial charge in [-0.2, -0.15) is 0 Å². The molecule has 2 aromatic carbocycles. The number of nitrogens with zero attached hydrogens (tertiary/aromatic N) is 2. The van der Waals surface area contributed by atoms with Crippen LogP contribution in [0.5, 0.6) is 0 Å². The molecule has 2 saturated heterocycles. The van der Waals surface area contributed by atoms with E-state index in [0.717, 1.165) is 6.42 Å². The molecule has 2 heterocycles. The van der Waals surface area contributed by atoms with E-state index in [1.807, 2.05) is 13.0 Å². The largest absolute Gasteiger partial charge is 0.273 e. The smallest absolute Gasteiger partial charge is 0.266 e. The Morgan fingerprint density at radius 2 is 1.70 bits per heavy atom. The van der Waals surface area contributed by atoms with E-state index in [4.69, 9.17) is 28.0 Å². The highest BCUT2D eigenvalue weighted by Crippen LogP contribution is 2.42. The number of carbonyl (C=O) groups excluding carboxylic acids is 2. The van der Waals surface area contributed by atoms with Gasteiger partial charge in [0.25, 0.3) is 5.91 Å². The standard InChI is InChI=1S/C20H18Cl2N2O3/c1-2-6-16-17-18(27-24(16)13-9-10-14(21)15(22)11-13)20(26)23(19(17)25)12-7-4-3-5-8-12/h3-5,7-11,16-18H,2,6H2,1H3/t16-,17-,18-/m1/s1. The van der Waals surface area contributed by atoms with Crippen molar-refractivity contribution in [3.63, 3.8) is 0 Å². The SMILES string of the molecule is CCC[C@@H]1[C@H]2C(=O)N(c3ccccc3)C(=O)[C@@H]2ON1c1ccc(Cl)c(Cl)c1. The van der Waals surface area contributed by atoms with Crippen molar-refractivity contribution in [2.45, 2.75) is 31.9 Å². The van der Waals surface area contributed by atoms with E-state index in [1.165, 1.54) is 4.90 Å². The van der Waals surface area contributed by atoms with Gasteiger partial charge in [0.05, 0.1) is 33.4 Å². The summed E-state index contributed by atoms with van der Waals surface area (Å²) >= 11 is 12.1. The zero-order valence-corrected chi connectivity index (χ0v) is 16.2. The molecule has 0 spiro atoms. The van der Waals surface area contributed by atoms with Crippen LogP contribution in [-0.4, -0.2) is 24.0 Å². The van der Waals surface area contributed by atoms with E-state index in [2.05, 4.69) is 0 Å². The van der Waals surface area contributed by atoms with Gasteiger partial charge in [-0.3, -0.25) is 14.4 Å². The first-order chi connectivity index (χ1) is 13.0. The lowest BCUT2D eigenvalue weighted by Crippen LogP contribution is -2.40. The fourth-order valence-electron chi connectivity index (χ4n) is 3.79. The van der Waals surface area contributed by atoms with E-state index >= 15 is 0 Å². The number of halogens is 2. The number of rotatable bonds is 4. The zero-order valence-electron chi connectivity index (χ0n) is 14.6. The van der Waals surface area contributed by atoms with E-state index in [-0.39, 0.29) is 17.9 Å². The average Bonchev–Trinajstić information content (AvgIpc) is 3.15. The van der Waals surface area contributed by atoms with Gasteiger partial charge >= 0.3 is 0 Å². The molecule has 0 aliphatic carbocycles. The molecule has 5 nitrogen and oxygen atoms in total. The zero-order chi connectivity index (χ0) is 19.1. The van der Waals surface area contributed by atoms with Gasteiger partial charge in [0, 0.05) is 0 Å². The Hall–Kier alpha value is -2.08. The molecule has 0 aromatic heterocycles. The first-order valence-electron chi connectivity index (χ1n) is 8.87. The molecule has 2 amide bonds. The number of anilines is 2. The maximum atomic E-state index is 13.1. The molecule has 2 aliphatic heterocycles. The minimum absolute atomic E-state index is 0.225. The van der Waals surface area contributed by atoms with Crippen molar-refractivity contribution in [3.8, 4) is 0 Å². The molecule has 0 bridgehead atoms. The van der Waals surface area contributed by atoms with Gasteiger partial charge in [-0.1, -0.05) is 54.7 Å². The van der Waals surface area contributed by atoms with Gasteiger partial charge in [-0.05, 0) is 36.8 Å². The summed E-state index contributed by atoms with van der Waals surface area (Å²) in [7, 11) is 0. The molecule has 7 heteroatoms. The Labute approximate surface area is 167 Å². The fourth-order valence-corrected chi connectivity index (χ4v) is 4.08. The van der Waals surface area contributed by atoms with E-state index in [0.29, 0.717) is 27.8 Å². The maximum absolute atomic E-state index is 13.1. The molecule has 0 unspecified atom stereocenters. The lowest BCUT2D eigenvalue weighted by atomic mass is 9.93. The lowest BCUT2D eigenvalue weighted by Gasteiger charge is -2.28. The third-order valence-corrected chi connectivity index (χ3v) is 5.73. The minimum Gasteiger partial charge on any atom is -0.273 e. The van der Waals surface area contributed by atoms with Crippen LogP contribution < -0.4 is 9.96 Å². The third-order valence-electron chi connectivity index (χ3n) is 4.99. The van der Waals surface area contributed by atoms with Crippen LogP contribution in [-0.2, 0) is 14.4 Å². The number of hydrogen-bond donors (Lipinski definition) is 0. The Bertz CT molecular complexity index is 890. The highest BCUT2D eigenvalue weighted by Gasteiger charge is 2.59. The third kappa shape index (κ3) is 3.00. The quantitative estimate of drug-likeness (QED) is 0.705. The van der Waals surface area contributed by atoms with Crippen LogP contribution in [0.25, 0.3) is 0 Å². The van der Waals surface area contributed by atoms with Crippen LogP contribution in [0.3, 0.4) is 0 Å². The summed E-state index contributed by atoms with van der Waals surface area (Å²) in [4.78, 5) is 33.3. The second kappa shape index (κ2) is 7.15. The minimum atomic E-state index is -0.830. The Morgan fingerprint density at radius 1 is 0.963 bits per heavy atom. The van der Waals surface area contributed by atoms with Crippen molar-refractivity contribution in [3.05, 3.63) is 58.6 Å². The Balaban J connectivity index is 1.69. The molecule has 3 atom stereocenters. The van der Waals surface area contributed by atoms with Crippen molar-refractivity contribution >= 4 is 46.4 Å². The van der Waals surface area contributed by atoms with Crippen molar-refractivity contribution in [2.75, 3.05) is 9.96 Å².